The Morgan fingerprint density at radius 3 is 2.48 bits per heavy atom. The van der Waals surface area contributed by atoms with Crippen LogP contribution in [0.15, 0.2) is 0 Å². The van der Waals surface area contributed by atoms with Crippen molar-refractivity contribution in [3.8, 4) is 0 Å². The van der Waals surface area contributed by atoms with Gasteiger partial charge in [0, 0.05) is 7.11 Å². The molecular formula is C12H19N3O6. The Labute approximate surface area is 122 Å². The first-order valence-corrected chi connectivity index (χ1v) is 6.28. The van der Waals surface area contributed by atoms with E-state index in [2.05, 4.69) is 19.8 Å². The van der Waals surface area contributed by atoms with E-state index in [1.807, 2.05) is 0 Å². The second-order valence-corrected chi connectivity index (χ2v) is 3.96. The summed E-state index contributed by atoms with van der Waals surface area (Å²) in [5.41, 5.74) is 0.337. The maximum absolute atomic E-state index is 11.6. The molecule has 0 fully saturated rings. The number of hydrogen-bond donors (Lipinski definition) is 0. The van der Waals surface area contributed by atoms with Gasteiger partial charge in [0.2, 0.25) is 0 Å². The zero-order chi connectivity index (χ0) is 15.7. The van der Waals surface area contributed by atoms with E-state index in [1.54, 1.807) is 7.11 Å². The third-order valence-corrected chi connectivity index (χ3v) is 2.64. The lowest BCUT2D eigenvalue weighted by molar-refractivity contribution is -0.139. The molecule has 1 aromatic rings. The highest BCUT2D eigenvalue weighted by Crippen LogP contribution is 2.09. The van der Waals surface area contributed by atoms with Crippen LogP contribution in [-0.4, -0.2) is 68.1 Å². The Morgan fingerprint density at radius 2 is 1.86 bits per heavy atom. The molecule has 0 spiro atoms. The molecule has 9 heteroatoms. The molecule has 0 saturated carbocycles. The summed E-state index contributed by atoms with van der Waals surface area (Å²) in [4.78, 5) is 23.0. The van der Waals surface area contributed by atoms with Gasteiger partial charge in [-0.1, -0.05) is 5.21 Å². The van der Waals surface area contributed by atoms with E-state index in [4.69, 9.17) is 9.47 Å². The van der Waals surface area contributed by atoms with Crippen molar-refractivity contribution in [1.29, 1.82) is 0 Å². The Hall–Kier alpha value is -2.00. The molecule has 1 heterocycles. The van der Waals surface area contributed by atoms with Crippen molar-refractivity contribution in [3.05, 3.63) is 11.4 Å². The van der Waals surface area contributed by atoms with Gasteiger partial charge >= 0.3 is 11.9 Å². The molecule has 118 valence electrons. The maximum Gasteiger partial charge on any atom is 0.360 e. The normalized spacial score (nSPS) is 10.4. The van der Waals surface area contributed by atoms with Gasteiger partial charge in [-0.05, 0) is 0 Å². The number of aromatic nitrogens is 3. The molecule has 1 rings (SSSR count). The number of esters is 2. The molecule has 0 aliphatic rings. The van der Waals surface area contributed by atoms with Crippen LogP contribution >= 0.6 is 0 Å². The van der Waals surface area contributed by atoms with Crippen molar-refractivity contribution < 1.29 is 28.5 Å². The van der Waals surface area contributed by atoms with E-state index >= 15 is 0 Å². The van der Waals surface area contributed by atoms with Crippen LogP contribution in [0.5, 0.6) is 0 Å². The molecule has 0 unspecified atom stereocenters. The van der Waals surface area contributed by atoms with Crippen molar-refractivity contribution in [2.24, 2.45) is 0 Å². The summed E-state index contributed by atoms with van der Waals surface area (Å²) in [7, 11) is 4.08. The van der Waals surface area contributed by atoms with Gasteiger partial charge in [0.05, 0.1) is 52.7 Å². The number of carbonyl (C=O) groups excluding carboxylic acids is 2. The summed E-state index contributed by atoms with van der Waals surface area (Å²) < 4.78 is 20.8. The van der Waals surface area contributed by atoms with Gasteiger partial charge in [0.1, 0.15) is 0 Å². The van der Waals surface area contributed by atoms with Crippen molar-refractivity contribution >= 4 is 11.9 Å². The molecule has 1 aromatic heterocycles. The standard InChI is InChI=1S/C12H19N3O6/c1-18-6-7-21-5-4-15-9(8-10(16)19-2)11(13-14-15)12(17)20-3/h4-8H2,1-3H3. The second-order valence-electron chi connectivity index (χ2n) is 3.96. The molecule has 0 saturated heterocycles. The molecule has 0 atom stereocenters. The van der Waals surface area contributed by atoms with Crippen LogP contribution in [0.3, 0.4) is 0 Å². The van der Waals surface area contributed by atoms with Gasteiger partial charge in [-0.2, -0.15) is 0 Å². The lowest BCUT2D eigenvalue weighted by atomic mass is 10.2. The number of methoxy groups -OCH3 is 3. The van der Waals surface area contributed by atoms with Crippen molar-refractivity contribution in [1.82, 2.24) is 15.0 Å². The van der Waals surface area contributed by atoms with Crippen molar-refractivity contribution in [3.63, 3.8) is 0 Å². The first kappa shape index (κ1) is 17.1. The molecule has 9 nitrogen and oxygen atoms in total. The zero-order valence-electron chi connectivity index (χ0n) is 12.3. The van der Waals surface area contributed by atoms with E-state index in [1.165, 1.54) is 18.9 Å². The van der Waals surface area contributed by atoms with Crippen molar-refractivity contribution in [2.45, 2.75) is 13.0 Å². The van der Waals surface area contributed by atoms with E-state index in [0.717, 1.165) is 0 Å². The Balaban J connectivity index is 2.75. The monoisotopic (exact) mass is 301 g/mol. The van der Waals surface area contributed by atoms with Crippen LogP contribution in [0.25, 0.3) is 0 Å². The minimum absolute atomic E-state index is 0.000193. The summed E-state index contributed by atoms with van der Waals surface area (Å²) in [5.74, 6) is -1.15. The minimum Gasteiger partial charge on any atom is -0.469 e. The Morgan fingerprint density at radius 1 is 1.10 bits per heavy atom. The largest absolute Gasteiger partial charge is 0.469 e. The Kier molecular flexibility index (Phi) is 7.33. The smallest absolute Gasteiger partial charge is 0.360 e. The van der Waals surface area contributed by atoms with Crippen LogP contribution in [0.4, 0.5) is 0 Å². The second kappa shape index (κ2) is 9.03. The summed E-state index contributed by atoms with van der Waals surface area (Å²) in [6, 6.07) is 0. The summed E-state index contributed by atoms with van der Waals surface area (Å²) in [6.07, 6.45) is -0.119. The van der Waals surface area contributed by atoms with Crippen LogP contribution in [-0.2, 0) is 36.7 Å². The van der Waals surface area contributed by atoms with Gasteiger partial charge in [0.25, 0.3) is 0 Å². The van der Waals surface area contributed by atoms with E-state index in [0.29, 0.717) is 32.1 Å². The molecule has 0 aliphatic carbocycles. The number of ether oxygens (including phenoxy) is 4. The van der Waals surface area contributed by atoms with E-state index in [-0.39, 0.29) is 12.1 Å². The van der Waals surface area contributed by atoms with Gasteiger partial charge in [-0.25, -0.2) is 9.48 Å². The highest BCUT2D eigenvalue weighted by atomic mass is 16.5. The lowest BCUT2D eigenvalue weighted by Crippen LogP contribution is -2.17. The van der Waals surface area contributed by atoms with E-state index < -0.39 is 11.9 Å². The minimum atomic E-state index is -0.652. The van der Waals surface area contributed by atoms with Crippen molar-refractivity contribution in [2.75, 3.05) is 41.2 Å². The predicted molar refractivity (Wildman–Crippen MR) is 69.8 cm³/mol. The summed E-state index contributed by atoms with van der Waals surface area (Å²) >= 11 is 0. The highest BCUT2D eigenvalue weighted by molar-refractivity contribution is 5.89. The molecule has 0 aliphatic heterocycles. The molecule has 0 radical (unpaired) electrons. The number of nitrogens with zero attached hydrogens (tertiary/aromatic N) is 3. The quantitative estimate of drug-likeness (QED) is 0.442. The lowest BCUT2D eigenvalue weighted by Gasteiger charge is -2.07. The fourth-order valence-electron chi connectivity index (χ4n) is 1.55. The SMILES string of the molecule is COCCOCCn1nnc(C(=O)OC)c1CC(=O)OC. The highest BCUT2D eigenvalue weighted by Gasteiger charge is 2.22. The van der Waals surface area contributed by atoms with Gasteiger partial charge in [-0.15, -0.1) is 5.10 Å². The number of hydrogen-bond acceptors (Lipinski definition) is 8. The average Bonchev–Trinajstić information content (AvgIpc) is 2.89. The predicted octanol–water partition coefficient (Wildman–Crippen LogP) is -0.557. The van der Waals surface area contributed by atoms with Crippen LogP contribution in [0, 0.1) is 0 Å². The molecule has 0 bridgehead atoms. The molecule has 21 heavy (non-hydrogen) atoms. The Bertz CT molecular complexity index is 474. The van der Waals surface area contributed by atoms with Gasteiger partial charge < -0.3 is 18.9 Å². The van der Waals surface area contributed by atoms with Gasteiger partial charge in [0.15, 0.2) is 5.69 Å². The molecule has 0 N–H and O–H groups in total. The van der Waals surface area contributed by atoms with E-state index in [9.17, 15) is 9.59 Å². The fourth-order valence-corrected chi connectivity index (χ4v) is 1.55. The zero-order valence-corrected chi connectivity index (χ0v) is 12.3. The van der Waals surface area contributed by atoms with Crippen LogP contribution < -0.4 is 0 Å². The summed E-state index contributed by atoms with van der Waals surface area (Å²) in [6.45, 7) is 1.63. The van der Waals surface area contributed by atoms with Crippen LogP contribution in [0.2, 0.25) is 0 Å². The van der Waals surface area contributed by atoms with Gasteiger partial charge in [-0.3, -0.25) is 4.79 Å². The average molecular weight is 301 g/mol. The first-order chi connectivity index (χ1) is 10.1. The van der Waals surface area contributed by atoms with Crippen LogP contribution in [0.1, 0.15) is 16.2 Å². The third kappa shape index (κ3) is 5.12. The maximum atomic E-state index is 11.6. The number of rotatable bonds is 9. The summed E-state index contributed by atoms with van der Waals surface area (Å²) in [5, 5.41) is 7.58. The third-order valence-electron chi connectivity index (χ3n) is 2.64. The molecule has 0 amide bonds. The number of carbonyl (C=O) groups is 2. The topological polar surface area (TPSA) is 102 Å². The first-order valence-electron chi connectivity index (χ1n) is 6.28. The fraction of sp³-hybridized carbons (Fsp3) is 0.667. The molecular weight excluding hydrogens is 282 g/mol. The molecule has 0 aromatic carbocycles.